The average Bonchev–Trinajstić information content (AvgIpc) is 3.83. The number of carbonyl (C=O) groups is 6. The summed E-state index contributed by atoms with van der Waals surface area (Å²) >= 11 is 1.09. The molecule has 14 heteroatoms. The number of hydrogen-bond acceptors (Lipinski definition) is 9. The number of nitrogens with one attached hydrogen (secondary N) is 4. The Morgan fingerprint density at radius 3 is 2.20 bits per heavy atom. The summed E-state index contributed by atoms with van der Waals surface area (Å²) in [6.07, 6.45) is 4.74. The quantitative estimate of drug-likeness (QED) is 0.134. The highest BCUT2D eigenvalue weighted by atomic mass is 32.1. The van der Waals surface area contributed by atoms with Gasteiger partial charge in [0.1, 0.15) is 12.1 Å². The summed E-state index contributed by atoms with van der Waals surface area (Å²) < 4.78 is 0. The molecular weight excluding hydrogens is 731 g/mol. The van der Waals surface area contributed by atoms with Gasteiger partial charge in [0.2, 0.25) is 23.5 Å². The topological polar surface area (TPSA) is 170 Å². The Hall–Kier alpha value is -4.17. The van der Waals surface area contributed by atoms with Crippen LogP contribution in [0.25, 0.3) is 10.4 Å². The molecular formula is C42H65N7O6S. The van der Waals surface area contributed by atoms with Gasteiger partial charge in [-0.1, -0.05) is 78.8 Å². The third kappa shape index (κ3) is 12.7. The van der Waals surface area contributed by atoms with Crippen LogP contribution in [0.4, 0.5) is 4.79 Å². The highest BCUT2D eigenvalue weighted by Crippen LogP contribution is 2.30. The van der Waals surface area contributed by atoms with Gasteiger partial charge in [-0.25, -0.2) is 9.78 Å². The van der Waals surface area contributed by atoms with Gasteiger partial charge in [-0.05, 0) is 83.4 Å². The zero-order valence-corrected chi connectivity index (χ0v) is 35.9. The Bertz CT molecular complexity index is 1640. The van der Waals surface area contributed by atoms with Crippen molar-refractivity contribution in [1.29, 1.82) is 0 Å². The van der Waals surface area contributed by atoms with Crippen molar-refractivity contribution in [1.82, 2.24) is 36.1 Å². The third-order valence-electron chi connectivity index (χ3n) is 9.81. The molecule has 3 heterocycles. The van der Waals surface area contributed by atoms with E-state index in [4.69, 9.17) is 0 Å². The molecule has 0 bridgehead atoms. The van der Waals surface area contributed by atoms with E-state index in [0.29, 0.717) is 30.7 Å². The average molecular weight is 796 g/mol. The number of thiazole rings is 1. The zero-order valence-electron chi connectivity index (χ0n) is 35.1. The number of amides is 5. The Kier molecular flexibility index (Phi) is 17.2. The Labute approximate surface area is 337 Å². The summed E-state index contributed by atoms with van der Waals surface area (Å²) in [6.45, 7) is 21.6. The number of carbonyl (C=O) groups excluding carboxylic acids is 6. The van der Waals surface area contributed by atoms with Crippen LogP contribution in [0.15, 0.2) is 36.5 Å². The molecule has 2 aliphatic rings. The Morgan fingerprint density at radius 2 is 1.62 bits per heavy atom. The van der Waals surface area contributed by atoms with Crippen molar-refractivity contribution in [2.24, 2.45) is 11.3 Å². The zero-order chi connectivity index (χ0) is 41.8. The normalized spacial score (nSPS) is 19.6. The van der Waals surface area contributed by atoms with Gasteiger partial charge in [0.05, 0.1) is 10.9 Å². The lowest BCUT2D eigenvalue weighted by molar-refractivity contribution is -0.142. The van der Waals surface area contributed by atoms with Gasteiger partial charge in [0.25, 0.3) is 5.78 Å². The van der Waals surface area contributed by atoms with Gasteiger partial charge in [0.15, 0.2) is 5.01 Å². The second-order valence-electron chi connectivity index (χ2n) is 16.6. The molecule has 3 unspecified atom stereocenters. The molecule has 2 aromatic rings. The van der Waals surface area contributed by atoms with Crippen LogP contribution < -0.4 is 21.3 Å². The second-order valence-corrected chi connectivity index (χ2v) is 17.6. The van der Waals surface area contributed by atoms with Crippen LogP contribution in [0.1, 0.15) is 118 Å². The van der Waals surface area contributed by atoms with Gasteiger partial charge in [-0.15, -0.1) is 11.3 Å². The number of aromatic nitrogens is 1. The molecule has 1 aromatic carbocycles. The van der Waals surface area contributed by atoms with Gasteiger partial charge >= 0.3 is 6.03 Å². The molecule has 4 rings (SSSR count). The molecule has 0 saturated carbocycles. The first kappa shape index (κ1) is 46.2. The minimum absolute atomic E-state index is 0.00803. The first-order valence-corrected chi connectivity index (χ1v) is 21.1. The van der Waals surface area contributed by atoms with Crippen LogP contribution in [0.2, 0.25) is 0 Å². The predicted octanol–water partition coefficient (Wildman–Crippen LogP) is 5.59. The van der Waals surface area contributed by atoms with E-state index in [2.05, 4.69) is 45.0 Å². The highest BCUT2D eigenvalue weighted by molar-refractivity contribution is 7.17. The van der Waals surface area contributed by atoms with Gasteiger partial charge < -0.3 is 26.2 Å². The number of likely N-dealkylation sites (tertiary alicyclic amines) is 1. The van der Waals surface area contributed by atoms with Crippen molar-refractivity contribution in [3.63, 3.8) is 0 Å². The molecule has 13 nitrogen and oxygen atoms in total. The molecule has 0 spiro atoms. The van der Waals surface area contributed by atoms with Gasteiger partial charge in [0, 0.05) is 36.8 Å². The molecule has 5 atom stereocenters. The lowest BCUT2D eigenvalue weighted by atomic mass is 9.85. The number of nitrogens with zero attached hydrogens (tertiary/aromatic N) is 3. The Balaban J connectivity index is 0.00000414. The molecule has 1 aromatic heterocycles. The second kappa shape index (κ2) is 20.8. The number of Topliss-reactive ketones (excluding diaryl/α,β-unsaturated/α-hetero) is 2. The fourth-order valence-corrected chi connectivity index (χ4v) is 8.03. The largest absolute Gasteiger partial charge is 0.356 e. The maximum atomic E-state index is 14.6. The molecule has 2 aliphatic heterocycles. The summed E-state index contributed by atoms with van der Waals surface area (Å²) in [7, 11) is 0. The summed E-state index contributed by atoms with van der Waals surface area (Å²) in [4.78, 5) is 91.7. The number of hydrogen-bond donors (Lipinski definition) is 4. The molecule has 0 aliphatic carbocycles. The summed E-state index contributed by atoms with van der Waals surface area (Å²) in [5.74, 6) is -3.54. The standard InChI is InChI=1S/C40H59N7O6S.C2H6/c1-9-19-46(20-10-2)27-22-29(47(24-27)37(52)33(39(3,4)5)44-38(53)45-40(6,7)8)35(51)43-28(21-26-17-14-18-41-34(26)50)31(48)32(49)36-42-23-30(54-36)25-15-12-11-13-16-25;1-2/h11-13,15-16,23,26-29,33H,9-10,14,17-22,24H2,1-8H3,(H,41,50)(H,43,51)(H2,44,45,53);1-2H3/t26?,27-,28?,29?,33-;/m1./s1. The number of rotatable bonds is 15. The first-order chi connectivity index (χ1) is 26.4. The van der Waals surface area contributed by atoms with E-state index in [-0.39, 0.29) is 29.9 Å². The van der Waals surface area contributed by atoms with Gasteiger partial charge in [-0.2, -0.15) is 0 Å². The molecule has 56 heavy (non-hydrogen) atoms. The fourth-order valence-electron chi connectivity index (χ4n) is 7.17. The van der Waals surface area contributed by atoms with Crippen LogP contribution in [0.5, 0.6) is 0 Å². The molecule has 2 fully saturated rings. The lowest BCUT2D eigenvalue weighted by Gasteiger charge is -2.36. The van der Waals surface area contributed by atoms with E-state index in [9.17, 15) is 28.8 Å². The smallest absolute Gasteiger partial charge is 0.315 e. The van der Waals surface area contributed by atoms with Crippen molar-refractivity contribution in [2.45, 2.75) is 137 Å². The van der Waals surface area contributed by atoms with E-state index in [1.807, 2.05) is 85.7 Å². The molecule has 0 radical (unpaired) electrons. The molecule has 5 amide bonds. The number of piperidine rings is 1. The van der Waals surface area contributed by atoms with E-state index in [0.717, 1.165) is 42.8 Å². The predicted molar refractivity (Wildman–Crippen MR) is 221 cm³/mol. The maximum Gasteiger partial charge on any atom is 0.315 e. The van der Waals surface area contributed by atoms with Crippen LogP contribution >= 0.6 is 11.3 Å². The third-order valence-corrected chi connectivity index (χ3v) is 10.9. The maximum absolute atomic E-state index is 14.6. The van der Waals surface area contributed by atoms with Gasteiger partial charge in [-0.3, -0.25) is 28.9 Å². The van der Waals surface area contributed by atoms with Crippen LogP contribution in [-0.2, 0) is 19.2 Å². The summed E-state index contributed by atoms with van der Waals surface area (Å²) in [5.41, 5.74) is -0.415. The monoisotopic (exact) mass is 795 g/mol. The Morgan fingerprint density at radius 1 is 0.982 bits per heavy atom. The molecule has 4 N–H and O–H groups in total. The van der Waals surface area contributed by atoms with Crippen molar-refractivity contribution >= 4 is 46.7 Å². The van der Waals surface area contributed by atoms with Crippen molar-refractivity contribution in [2.75, 3.05) is 26.2 Å². The van der Waals surface area contributed by atoms with E-state index >= 15 is 0 Å². The number of benzene rings is 1. The first-order valence-electron chi connectivity index (χ1n) is 20.2. The summed E-state index contributed by atoms with van der Waals surface area (Å²) in [5, 5.41) is 11.4. The minimum Gasteiger partial charge on any atom is -0.356 e. The fraction of sp³-hybridized carbons (Fsp3) is 0.643. The molecule has 2 saturated heterocycles. The van der Waals surface area contributed by atoms with Crippen LogP contribution in [-0.4, -0.2) is 106 Å². The van der Waals surface area contributed by atoms with E-state index in [1.54, 1.807) is 6.20 Å². The number of ketones is 2. The van der Waals surface area contributed by atoms with E-state index in [1.165, 1.54) is 4.90 Å². The van der Waals surface area contributed by atoms with Crippen LogP contribution in [0, 0.1) is 11.3 Å². The van der Waals surface area contributed by atoms with Crippen molar-refractivity contribution < 1.29 is 28.8 Å². The summed E-state index contributed by atoms with van der Waals surface area (Å²) in [6, 6.07) is 5.44. The SMILES string of the molecule is CC.CCCN(CCC)[C@@H]1CC(C(=O)NC(CC2CCCNC2=O)C(=O)C(=O)c2ncc(-c3ccccc3)s2)N(C(=O)[C@@H](NC(=O)NC(C)(C)C)C(C)(C)C)C1. The highest BCUT2D eigenvalue weighted by Gasteiger charge is 2.47. The van der Waals surface area contributed by atoms with E-state index < -0.39 is 64.4 Å². The van der Waals surface area contributed by atoms with Crippen molar-refractivity contribution in [3.8, 4) is 10.4 Å². The van der Waals surface area contributed by atoms with Crippen molar-refractivity contribution in [3.05, 3.63) is 41.5 Å². The number of urea groups is 1. The molecule has 310 valence electrons. The lowest BCUT2D eigenvalue weighted by Crippen LogP contribution is -2.61. The van der Waals surface area contributed by atoms with Crippen LogP contribution in [0.3, 0.4) is 0 Å². The minimum atomic E-state index is -1.32.